The molecule has 3 N–H and O–H groups in total. The van der Waals surface area contributed by atoms with Crippen LogP contribution in [-0.2, 0) is 0 Å². The predicted molar refractivity (Wildman–Crippen MR) is 79.0 cm³/mol. The standard InChI is InChI=1S/C13H12BrFN2OS/c1-7(12-5-9(14)6-19-12)17-11-4-8(13(16)18)2-3-10(11)15/h2-7,17H,1H3,(H2,16,18). The SMILES string of the molecule is CC(Nc1cc(C(N)=O)ccc1F)c1cc(Br)cs1. The average Bonchev–Trinajstić information content (AvgIpc) is 2.78. The molecular weight excluding hydrogens is 331 g/mol. The van der Waals surface area contributed by atoms with Gasteiger partial charge in [-0.05, 0) is 47.1 Å². The lowest BCUT2D eigenvalue weighted by molar-refractivity contribution is 0.100. The van der Waals surface area contributed by atoms with E-state index in [-0.39, 0.29) is 17.3 Å². The van der Waals surface area contributed by atoms with Crippen LogP contribution < -0.4 is 11.1 Å². The number of nitrogens with two attached hydrogens (primary N) is 1. The van der Waals surface area contributed by atoms with Crippen LogP contribution >= 0.6 is 27.3 Å². The third-order valence-corrected chi connectivity index (χ3v) is 4.51. The van der Waals surface area contributed by atoms with E-state index in [1.165, 1.54) is 18.2 Å². The minimum atomic E-state index is -0.574. The van der Waals surface area contributed by atoms with Crippen molar-refractivity contribution in [2.24, 2.45) is 5.73 Å². The van der Waals surface area contributed by atoms with E-state index in [0.29, 0.717) is 0 Å². The van der Waals surface area contributed by atoms with Crippen molar-refractivity contribution in [1.29, 1.82) is 0 Å². The van der Waals surface area contributed by atoms with Crippen molar-refractivity contribution in [2.45, 2.75) is 13.0 Å². The number of hydrogen-bond donors (Lipinski definition) is 2. The maximum Gasteiger partial charge on any atom is 0.248 e. The molecule has 1 unspecified atom stereocenters. The number of rotatable bonds is 4. The third-order valence-electron chi connectivity index (χ3n) is 2.64. The molecule has 0 saturated carbocycles. The summed E-state index contributed by atoms with van der Waals surface area (Å²) >= 11 is 4.95. The molecule has 0 aliphatic heterocycles. The monoisotopic (exact) mass is 342 g/mol. The van der Waals surface area contributed by atoms with Gasteiger partial charge in [0, 0.05) is 20.3 Å². The first-order valence-corrected chi connectivity index (χ1v) is 7.24. The van der Waals surface area contributed by atoms with E-state index < -0.39 is 11.7 Å². The molecule has 0 fully saturated rings. The van der Waals surface area contributed by atoms with Gasteiger partial charge in [-0.15, -0.1) is 11.3 Å². The minimum Gasteiger partial charge on any atom is -0.375 e. The first-order valence-electron chi connectivity index (χ1n) is 5.57. The van der Waals surface area contributed by atoms with Crippen molar-refractivity contribution in [3.05, 3.63) is 50.4 Å². The molecule has 19 heavy (non-hydrogen) atoms. The van der Waals surface area contributed by atoms with E-state index in [0.717, 1.165) is 9.35 Å². The Morgan fingerprint density at radius 1 is 1.47 bits per heavy atom. The first kappa shape index (κ1) is 14.0. The number of anilines is 1. The molecule has 2 aromatic rings. The summed E-state index contributed by atoms with van der Waals surface area (Å²) in [5.41, 5.74) is 5.74. The summed E-state index contributed by atoms with van der Waals surface area (Å²) < 4.78 is 14.7. The summed E-state index contributed by atoms with van der Waals surface area (Å²) in [6, 6.07) is 5.94. The van der Waals surface area contributed by atoms with E-state index >= 15 is 0 Å². The molecule has 3 nitrogen and oxygen atoms in total. The molecule has 0 radical (unpaired) electrons. The lowest BCUT2D eigenvalue weighted by atomic mass is 10.1. The van der Waals surface area contributed by atoms with Crippen LogP contribution in [0.2, 0.25) is 0 Å². The number of amides is 1. The van der Waals surface area contributed by atoms with E-state index in [2.05, 4.69) is 21.2 Å². The molecule has 1 aromatic heterocycles. The molecule has 2 rings (SSSR count). The van der Waals surface area contributed by atoms with Crippen LogP contribution in [0.15, 0.2) is 34.1 Å². The summed E-state index contributed by atoms with van der Waals surface area (Å²) in [5.74, 6) is -0.984. The van der Waals surface area contributed by atoms with Gasteiger partial charge in [0.15, 0.2) is 0 Å². The second kappa shape index (κ2) is 5.71. The van der Waals surface area contributed by atoms with Gasteiger partial charge in [-0.2, -0.15) is 0 Å². The van der Waals surface area contributed by atoms with Gasteiger partial charge in [0.1, 0.15) is 5.82 Å². The van der Waals surface area contributed by atoms with Crippen LogP contribution in [0.25, 0.3) is 0 Å². The van der Waals surface area contributed by atoms with Gasteiger partial charge in [0.05, 0.1) is 11.7 Å². The van der Waals surface area contributed by atoms with Crippen LogP contribution in [0.4, 0.5) is 10.1 Å². The average molecular weight is 343 g/mol. The second-order valence-corrected chi connectivity index (χ2v) is 5.95. The largest absolute Gasteiger partial charge is 0.375 e. The Bertz CT molecular complexity index is 614. The highest BCUT2D eigenvalue weighted by molar-refractivity contribution is 9.10. The lowest BCUT2D eigenvalue weighted by Gasteiger charge is -2.15. The highest BCUT2D eigenvalue weighted by Gasteiger charge is 2.12. The molecule has 100 valence electrons. The van der Waals surface area contributed by atoms with Gasteiger partial charge in [-0.3, -0.25) is 4.79 Å². The summed E-state index contributed by atoms with van der Waals surface area (Å²) in [7, 11) is 0. The van der Waals surface area contributed by atoms with Crippen LogP contribution in [0.5, 0.6) is 0 Å². The van der Waals surface area contributed by atoms with Crippen molar-refractivity contribution in [2.75, 3.05) is 5.32 Å². The van der Waals surface area contributed by atoms with Crippen LogP contribution in [-0.4, -0.2) is 5.91 Å². The molecule has 6 heteroatoms. The molecule has 0 aliphatic rings. The van der Waals surface area contributed by atoms with E-state index in [9.17, 15) is 9.18 Å². The quantitative estimate of drug-likeness (QED) is 0.884. The van der Waals surface area contributed by atoms with Crippen LogP contribution in [0, 0.1) is 5.82 Å². The number of thiophene rings is 1. The van der Waals surface area contributed by atoms with Gasteiger partial charge < -0.3 is 11.1 Å². The molecular formula is C13H12BrFN2OS. The summed E-state index contributed by atoms with van der Waals surface area (Å²) in [4.78, 5) is 12.2. The Morgan fingerprint density at radius 3 is 2.79 bits per heavy atom. The zero-order chi connectivity index (χ0) is 14.0. The number of benzene rings is 1. The lowest BCUT2D eigenvalue weighted by Crippen LogP contribution is -2.13. The normalized spacial score (nSPS) is 12.2. The topological polar surface area (TPSA) is 55.1 Å². The zero-order valence-corrected chi connectivity index (χ0v) is 12.5. The number of halogens is 2. The van der Waals surface area contributed by atoms with E-state index in [1.807, 2.05) is 18.4 Å². The molecule has 1 aromatic carbocycles. The second-order valence-electron chi connectivity index (χ2n) is 4.09. The fraction of sp³-hybridized carbons (Fsp3) is 0.154. The Morgan fingerprint density at radius 2 is 2.21 bits per heavy atom. The number of carbonyl (C=O) groups excluding carboxylic acids is 1. The highest BCUT2D eigenvalue weighted by Crippen LogP contribution is 2.29. The minimum absolute atomic E-state index is 0.0612. The fourth-order valence-electron chi connectivity index (χ4n) is 1.65. The predicted octanol–water partition coefficient (Wildman–Crippen LogP) is 3.92. The number of primary amides is 1. The Hall–Kier alpha value is -1.40. The van der Waals surface area contributed by atoms with Crippen molar-refractivity contribution >= 4 is 38.9 Å². The fourth-order valence-corrected chi connectivity index (χ4v) is 3.10. The summed E-state index contributed by atoms with van der Waals surface area (Å²) in [6.07, 6.45) is 0. The Balaban J connectivity index is 2.22. The van der Waals surface area contributed by atoms with Gasteiger partial charge >= 0.3 is 0 Å². The number of carbonyl (C=O) groups is 1. The zero-order valence-electron chi connectivity index (χ0n) is 10.1. The van der Waals surface area contributed by atoms with Crippen molar-refractivity contribution in [3.8, 4) is 0 Å². The van der Waals surface area contributed by atoms with Gasteiger partial charge in [-0.1, -0.05) is 0 Å². The highest BCUT2D eigenvalue weighted by atomic mass is 79.9. The maximum atomic E-state index is 13.7. The van der Waals surface area contributed by atoms with Crippen molar-refractivity contribution in [1.82, 2.24) is 0 Å². The van der Waals surface area contributed by atoms with Crippen LogP contribution in [0.1, 0.15) is 28.2 Å². The van der Waals surface area contributed by atoms with E-state index in [1.54, 1.807) is 11.3 Å². The smallest absolute Gasteiger partial charge is 0.248 e. The third kappa shape index (κ3) is 3.33. The number of nitrogens with one attached hydrogen (secondary N) is 1. The molecule has 0 saturated heterocycles. The maximum absolute atomic E-state index is 13.7. The van der Waals surface area contributed by atoms with Gasteiger partial charge in [-0.25, -0.2) is 4.39 Å². The van der Waals surface area contributed by atoms with Gasteiger partial charge in [0.2, 0.25) is 5.91 Å². The Labute approximate surface area is 122 Å². The number of hydrogen-bond acceptors (Lipinski definition) is 3. The molecule has 0 aliphatic carbocycles. The molecule has 1 heterocycles. The Kier molecular flexibility index (Phi) is 4.21. The van der Waals surface area contributed by atoms with Crippen LogP contribution in [0.3, 0.4) is 0 Å². The van der Waals surface area contributed by atoms with Crippen molar-refractivity contribution < 1.29 is 9.18 Å². The molecule has 1 amide bonds. The molecule has 1 atom stereocenters. The van der Waals surface area contributed by atoms with Gasteiger partial charge in [0.25, 0.3) is 0 Å². The van der Waals surface area contributed by atoms with E-state index in [4.69, 9.17) is 5.73 Å². The summed E-state index contributed by atoms with van der Waals surface area (Å²) in [6.45, 7) is 1.93. The molecule has 0 bridgehead atoms. The molecule has 0 spiro atoms. The first-order chi connectivity index (χ1) is 8.97. The summed E-state index contributed by atoms with van der Waals surface area (Å²) in [5, 5.41) is 5.00. The van der Waals surface area contributed by atoms with Crippen molar-refractivity contribution in [3.63, 3.8) is 0 Å².